The van der Waals surface area contributed by atoms with Crippen LogP contribution in [-0.4, -0.2) is 22.3 Å². The van der Waals surface area contributed by atoms with E-state index in [-0.39, 0.29) is 17.6 Å². The van der Waals surface area contributed by atoms with Gasteiger partial charge in [0.15, 0.2) is 11.4 Å². The van der Waals surface area contributed by atoms with Crippen LogP contribution in [0.2, 0.25) is 0 Å². The molecule has 1 aromatic carbocycles. The summed E-state index contributed by atoms with van der Waals surface area (Å²) in [7, 11) is 1.83. The maximum atomic E-state index is 13.1. The fourth-order valence-corrected chi connectivity index (χ4v) is 4.13. The normalized spacial score (nSPS) is 14.9. The number of carbonyl (C=O) groups excluding carboxylic acids is 1. The molecule has 1 saturated carbocycles. The molecule has 0 bridgehead atoms. The van der Waals surface area contributed by atoms with Crippen molar-refractivity contribution in [1.82, 2.24) is 9.38 Å². The zero-order valence-corrected chi connectivity index (χ0v) is 16.9. The Morgan fingerprint density at radius 1 is 1.21 bits per heavy atom. The van der Waals surface area contributed by atoms with Crippen LogP contribution in [0.5, 0.6) is 5.75 Å². The minimum absolute atomic E-state index is 0.0941. The molecule has 6 heteroatoms. The highest BCUT2D eigenvalue weighted by molar-refractivity contribution is 5.95. The second-order valence-corrected chi connectivity index (χ2v) is 7.73. The van der Waals surface area contributed by atoms with Crippen molar-refractivity contribution in [2.24, 2.45) is 5.92 Å². The second kappa shape index (κ2) is 8.23. The third-order valence-electron chi connectivity index (χ3n) is 5.67. The monoisotopic (exact) mass is 395 g/mol. The van der Waals surface area contributed by atoms with E-state index in [9.17, 15) is 9.18 Å². The summed E-state index contributed by atoms with van der Waals surface area (Å²) in [4.78, 5) is 19.5. The van der Waals surface area contributed by atoms with E-state index in [1.165, 1.54) is 18.6 Å². The molecule has 0 unspecified atom stereocenters. The summed E-state index contributed by atoms with van der Waals surface area (Å²) in [6.45, 7) is 2.23. The molecule has 0 spiro atoms. The van der Waals surface area contributed by atoms with Gasteiger partial charge in [-0.2, -0.15) is 0 Å². The molecule has 1 amide bonds. The molecule has 152 valence electrons. The van der Waals surface area contributed by atoms with E-state index in [4.69, 9.17) is 4.74 Å². The number of halogens is 1. The number of benzene rings is 1. The Bertz CT molecular complexity index is 1010. The first-order chi connectivity index (χ1) is 14.0. The van der Waals surface area contributed by atoms with Crippen LogP contribution in [0.1, 0.15) is 43.4 Å². The SMILES string of the molecule is Cc1nc2c(OCc3ccc(F)cc3)cccn2c1N(C)C(=O)C1CCCCC1. The summed E-state index contributed by atoms with van der Waals surface area (Å²) in [5, 5.41) is 0. The highest BCUT2D eigenvalue weighted by atomic mass is 19.1. The van der Waals surface area contributed by atoms with Crippen molar-refractivity contribution in [1.29, 1.82) is 0 Å². The molecule has 29 heavy (non-hydrogen) atoms. The number of rotatable bonds is 5. The number of hydrogen-bond donors (Lipinski definition) is 0. The summed E-state index contributed by atoms with van der Waals surface area (Å²) in [5.41, 5.74) is 2.33. The Labute approximate surface area is 170 Å². The van der Waals surface area contributed by atoms with Gasteiger partial charge in [0.1, 0.15) is 18.2 Å². The summed E-state index contributed by atoms with van der Waals surface area (Å²) >= 11 is 0. The van der Waals surface area contributed by atoms with Gasteiger partial charge in [-0.05, 0) is 49.6 Å². The van der Waals surface area contributed by atoms with E-state index >= 15 is 0 Å². The molecule has 0 aliphatic heterocycles. The minimum Gasteiger partial charge on any atom is -0.485 e. The average molecular weight is 395 g/mol. The number of carbonyl (C=O) groups is 1. The quantitative estimate of drug-likeness (QED) is 0.617. The Kier molecular flexibility index (Phi) is 5.51. The van der Waals surface area contributed by atoms with Crippen molar-refractivity contribution in [2.45, 2.75) is 45.6 Å². The van der Waals surface area contributed by atoms with Crippen molar-refractivity contribution in [2.75, 3.05) is 11.9 Å². The second-order valence-electron chi connectivity index (χ2n) is 7.73. The van der Waals surface area contributed by atoms with Crippen LogP contribution in [0, 0.1) is 18.7 Å². The topological polar surface area (TPSA) is 46.8 Å². The molecule has 1 aliphatic carbocycles. The van der Waals surface area contributed by atoms with Gasteiger partial charge in [0, 0.05) is 19.2 Å². The Morgan fingerprint density at radius 2 is 1.93 bits per heavy atom. The number of amides is 1. The number of hydrogen-bond acceptors (Lipinski definition) is 3. The van der Waals surface area contributed by atoms with Crippen molar-refractivity contribution in [3.63, 3.8) is 0 Å². The number of imidazole rings is 1. The van der Waals surface area contributed by atoms with Crippen LogP contribution < -0.4 is 9.64 Å². The predicted octanol–water partition coefficient (Wildman–Crippen LogP) is 4.90. The Hall–Kier alpha value is -2.89. The first-order valence-electron chi connectivity index (χ1n) is 10.2. The zero-order chi connectivity index (χ0) is 20.4. The largest absolute Gasteiger partial charge is 0.485 e. The first kappa shape index (κ1) is 19.4. The molecule has 4 rings (SSSR count). The molecule has 5 nitrogen and oxygen atoms in total. The van der Waals surface area contributed by atoms with Crippen LogP contribution in [0.15, 0.2) is 42.6 Å². The smallest absolute Gasteiger partial charge is 0.231 e. The van der Waals surface area contributed by atoms with Gasteiger partial charge < -0.3 is 4.74 Å². The van der Waals surface area contributed by atoms with E-state index in [2.05, 4.69) is 4.98 Å². The molecule has 1 aliphatic rings. The number of fused-ring (bicyclic) bond motifs is 1. The van der Waals surface area contributed by atoms with Crippen molar-refractivity contribution in [3.8, 4) is 5.75 Å². The summed E-state index contributed by atoms with van der Waals surface area (Å²) in [6, 6.07) is 9.99. The van der Waals surface area contributed by atoms with Gasteiger partial charge >= 0.3 is 0 Å². The van der Waals surface area contributed by atoms with Crippen molar-refractivity contribution in [3.05, 3.63) is 59.7 Å². The van der Waals surface area contributed by atoms with Crippen LogP contribution in [-0.2, 0) is 11.4 Å². The first-order valence-corrected chi connectivity index (χ1v) is 10.2. The number of pyridine rings is 1. The van der Waals surface area contributed by atoms with Crippen molar-refractivity contribution >= 4 is 17.4 Å². The fourth-order valence-electron chi connectivity index (χ4n) is 4.13. The van der Waals surface area contributed by atoms with Crippen LogP contribution in [0.25, 0.3) is 5.65 Å². The lowest BCUT2D eigenvalue weighted by molar-refractivity contribution is -0.123. The highest BCUT2D eigenvalue weighted by Gasteiger charge is 2.27. The zero-order valence-electron chi connectivity index (χ0n) is 16.9. The van der Waals surface area contributed by atoms with Crippen molar-refractivity contribution < 1.29 is 13.9 Å². The molecule has 2 aromatic heterocycles. The molecular weight excluding hydrogens is 369 g/mol. The number of aromatic nitrogens is 2. The maximum Gasteiger partial charge on any atom is 0.231 e. The van der Waals surface area contributed by atoms with E-state index < -0.39 is 0 Å². The van der Waals surface area contributed by atoms with E-state index in [0.717, 1.165) is 42.8 Å². The highest BCUT2D eigenvalue weighted by Crippen LogP contribution is 2.31. The van der Waals surface area contributed by atoms with Crippen LogP contribution in [0.4, 0.5) is 10.2 Å². The van der Waals surface area contributed by atoms with Gasteiger partial charge in [-0.3, -0.25) is 14.1 Å². The lowest BCUT2D eigenvalue weighted by Gasteiger charge is -2.26. The van der Waals surface area contributed by atoms with Gasteiger partial charge in [0.2, 0.25) is 5.91 Å². The number of aryl methyl sites for hydroxylation is 1. The average Bonchev–Trinajstić information content (AvgIpc) is 3.09. The minimum atomic E-state index is -0.268. The molecular formula is C23H26FN3O2. The van der Waals surface area contributed by atoms with Gasteiger partial charge in [0.05, 0.1) is 5.69 Å². The number of ether oxygens (including phenoxy) is 1. The summed E-state index contributed by atoms with van der Waals surface area (Å²) in [5.74, 6) is 1.39. The van der Waals surface area contributed by atoms with E-state index in [0.29, 0.717) is 18.0 Å². The molecule has 0 N–H and O–H groups in total. The van der Waals surface area contributed by atoms with Crippen LogP contribution in [0.3, 0.4) is 0 Å². The molecule has 0 atom stereocenters. The molecule has 2 heterocycles. The molecule has 1 fully saturated rings. The van der Waals surface area contributed by atoms with Crippen LogP contribution >= 0.6 is 0 Å². The predicted molar refractivity (Wildman–Crippen MR) is 111 cm³/mol. The fraction of sp³-hybridized carbons (Fsp3) is 0.391. The Balaban J connectivity index is 1.59. The summed E-state index contributed by atoms with van der Waals surface area (Å²) < 4.78 is 21.0. The third-order valence-corrected chi connectivity index (χ3v) is 5.67. The lowest BCUT2D eigenvalue weighted by Crippen LogP contribution is -2.35. The molecule has 0 saturated heterocycles. The number of nitrogens with zero attached hydrogens (tertiary/aromatic N) is 3. The van der Waals surface area contributed by atoms with Gasteiger partial charge in [-0.1, -0.05) is 31.4 Å². The molecule has 3 aromatic rings. The lowest BCUT2D eigenvalue weighted by atomic mass is 9.88. The van der Waals surface area contributed by atoms with E-state index in [1.807, 2.05) is 36.7 Å². The standard InChI is InChI=1S/C23H26FN3O2/c1-16-22(26(2)23(28)18-7-4-3-5-8-18)27-14-6-9-20(21(27)25-16)29-15-17-10-12-19(24)13-11-17/h6,9-14,18H,3-5,7-8,15H2,1-2H3. The Morgan fingerprint density at radius 3 is 2.66 bits per heavy atom. The van der Waals surface area contributed by atoms with Gasteiger partial charge in [-0.15, -0.1) is 0 Å². The van der Waals surface area contributed by atoms with E-state index in [1.54, 1.807) is 17.0 Å². The van der Waals surface area contributed by atoms with Gasteiger partial charge in [-0.25, -0.2) is 9.37 Å². The maximum absolute atomic E-state index is 13.1. The molecule has 0 radical (unpaired) electrons. The van der Waals surface area contributed by atoms with Gasteiger partial charge in [0.25, 0.3) is 0 Å². The summed E-state index contributed by atoms with van der Waals surface area (Å²) in [6.07, 6.45) is 7.29. The third kappa shape index (κ3) is 3.97. The number of anilines is 1.